The monoisotopic (exact) mass is 490 g/mol. The molecule has 0 aromatic carbocycles. The number of aliphatic hydroxyl groups excluding tert-OH is 1. The lowest BCUT2D eigenvalue weighted by atomic mass is 9.52. The molecule has 0 radical (unpaired) electrons. The van der Waals surface area contributed by atoms with Gasteiger partial charge in [-0.3, -0.25) is 9.59 Å². The zero-order valence-corrected chi connectivity index (χ0v) is 19.3. The SMILES string of the molecule is CC1C[C@H](C)[C@](O)(C(=O)CO)CC[C@H](OC(=O)C(F)(F)F)[C@@]2(F)C1CCC1=CC(=O)C=C[C@@]12C. The van der Waals surface area contributed by atoms with Gasteiger partial charge in [-0.1, -0.05) is 25.5 Å². The molecule has 0 heterocycles. The Bertz CT molecular complexity index is 927. The van der Waals surface area contributed by atoms with Crippen molar-refractivity contribution in [2.24, 2.45) is 23.2 Å². The van der Waals surface area contributed by atoms with E-state index in [0.29, 0.717) is 12.0 Å². The topological polar surface area (TPSA) is 101 Å². The first kappa shape index (κ1) is 26.5. The molecule has 6 nitrogen and oxygen atoms in total. The molecule has 0 aromatic heterocycles. The van der Waals surface area contributed by atoms with Gasteiger partial charge < -0.3 is 14.9 Å². The lowest BCUT2D eigenvalue weighted by molar-refractivity contribution is -0.223. The van der Waals surface area contributed by atoms with Crippen molar-refractivity contribution in [1.29, 1.82) is 0 Å². The molecule has 0 spiro atoms. The summed E-state index contributed by atoms with van der Waals surface area (Å²) in [5, 5.41) is 20.5. The van der Waals surface area contributed by atoms with E-state index in [1.165, 1.54) is 19.1 Å². The standard InChI is InChI=1S/C24H30F4O6/c1-13-10-14(2)22(33,18(31)12-29)9-7-19(34-20(32)24(26,27)28)23(25)17(13)5-4-15-11-16(30)6-8-21(15,23)3/h6,8,11,13-14,17,19,29,33H,4-5,7,9-10,12H2,1-3H3/t13?,14-,17?,19-,21-,22-,23-/m0/s1. The maximum Gasteiger partial charge on any atom is 0.490 e. The maximum absolute atomic E-state index is 17.5. The number of halogens is 4. The van der Waals surface area contributed by atoms with Gasteiger partial charge in [-0.05, 0) is 63.0 Å². The van der Waals surface area contributed by atoms with E-state index >= 15 is 4.39 Å². The molecule has 7 atom stereocenters. The summed E-state index contributed by atoms with van der Waals surface area (Å²) >= 11 is 0. The van der Waals surface area contributed by atoms with Crippen LogP contribution in [0.3, 0.4) is 0 Å². The number of aliphatic hydroxyl groups is 2. The van der Waals surface area contributed by atoms with E-state index in [0.717, 1.165) is 6.08 Å². The molecular formula is C24H30F4O6. The van der Waals surface area contributed by atoms with Crippen LogP contribution in [-0.2, 0) is 19.1 Å². The number of carbonyl (C=O) groups is 3. The number of alkyl halides is 4. The lowest BCUT2D eigenvalue weighted by Crippen LogP contribution is -2.62. The van der Waals surface area contributed by atoms with E-state index in [-0.39, 0.29) is 18.6 Å². The summed E-state index contributed by atoms with van der Waals surface area (Å²) in [5.74, 6) is -6.04. The predicted molar refractivity (Wildman–Crippen MR) is 112 cm³/mol. The second-order valence-corrected chi connectivity index (χ2v) is 10.1. The highest BCUT2D eigenvalue weighted by molar-refractivity contribution is 6.01. The fourth-order valence-electron chi connectivity index (χ4n) is 6.23. The number of hydrogen-bond donors (Lipinski definition) is 2. The molecule has 0 saturated heterocycles. The van der Waals surface area contributed by atoms with Gasteiger partial charge in [0.2, 0.25) is 0 Å². The summed E-state index contributed by atoms with van der Waals surface area (Å²) in [6.45, 7) is 3.73. The van der Waals surface area contributed by atoms with Crippen LogP contribution >= 0.6 is 0 Å². The van der Waals surface area contributed by atoms with Crippen molar-refractivity contribution < 1.29 is 46.9 Å². The van der Waals surface area contributed by atoms with Crippen LogP contribution < -0.4 is 0 Å². The second kappa shape index (κ2) is 8.86. The summed E-state index contributed by atoms with van der Waals surface area (Å²) in [5.41, 5.74) is -5.83. The van der Waals surface area contributed by atoms with Gasteiger partial charge in [-0.25, -0.2) is 9.18 Å². The maximum atomic E-state index is 17.5. The molecule has 2 unspecified atom stereocenters. The number of fused-ring (bicyclic) bond motifs is 3. The summed E-state index contributed by atoms with van der Waals surface area (Å²) in [4.78, 5) is 36.3. The zero-order chi connectivity index (χ0) is 25.7. The zero-order valence-electron chi connectivity index (χ0n) is 19.3. The Balaban J connectivity index is 2.19. The number of rotatable bonds is 3. The highest BCUT2D eigenvalue weighted by Crippen LogP contribution is 2.61. The summed E-state index contributed by atoms with van der Waals surface area (Å²) in [6, 6.07) is 0. The van der Waals surface area contributed by atoms with Crippen molar-refractivity contribution in [1.82, 2.24) is 0 Å². The van der Waals surface area contributed by atoms with Crippen molar-refractivity contribution in [2.45, 2.75) is 76.4 Å². The van der Waals surface area contributed by atoms with Gasteiger partial charge >= 0.3 is 12.1 Å². The van der Waals surface area contributed by atoms with Crippen LogP contribution in [0.1, 0.15) is 52.9 Å². The smallest absolute Gasteiger partial charge is 0.452 e. The number of Topliss-reactive ketones (excluding diaryl/α,β-unsaturated/α-hetero) is 1. The third-order valence-electron chi connectivity index (χ3n) is 8.22. The number of ether oxygens (including phenoxy) is 1. The Labute approximate surface area is 195 Å². The molecule has 190 valence electrons. The fraction of sp³-hybridized carbons (Fsp3) is 0.708. The summed E-state index contributed by atoms with van der Waals surface area (Å²) < 4.78 is 61.8. The molecule has 0 amide bonds. The van der Waals surface area contributed by atoms with Crippen LogP contribution in [0, 0.1) is 23.2 Å². The van der Waals surface area contributed by atoms with Gasteiger partial charge in [0.15, 0.2) is 17.2 Å². The minimum Gasteiger partial charge on any atom is -0.452 e. The quantitative estimate of drug-likeness (QED) is 0.465. The number of hydrogen-bond acceptors (Lipinski definition) is 6. The van der Waals surface area contributed by atoms with Crippen LogP contribution in [0.5, 0.6) is 0 Å². The molecule has 0 bridgehead atoms. The molecule has 2 fully saturated rings. The molecule has 2 N–H and O–H groups in total. The number of esters is 1. The van der Waals surface area contributed by atoms with Crippen LogP contribution in [-0.4, -0.2) is 57.9 Å². The van der Waals surface area contributed by atoms with Crippen LogP contribution in [0.4, 0.5) is 17.6 Å². The average Bonchev–Trinajstić information content (AvgIpc) is 2.78. The number of ketones is 2. The molecule has 3 aliphatic rings. The van der Waals surface area contributed by atoms with E-state index < -0.39 is 77.9 Å². The van der Waals surface area contributed by atoms with Crippen molar-refractivity contribution >= 4 is 17.5 Å². The second-order valence-electron chi connectivity index (χ2n) is 10.1. The Morgan fingerprint density at radius 1 is 1.24 bits per heavy atom. The predicted octanol–water partition coefficient (Wildman–Crippen LogP) is 3.40. The van der Waals surface area contributed by atoms with Gasteiger partial charge in [0.1, 0.15) is 18.3 Å². The number of allylic oxidation sites excluding steroid dienone is 4. The normalized spacial score (nSPS) is 40.7. The summed E-state index contributed by atoms with van der Waals surface area (Å²) in [7, 11) is 0. The first-order chi connectivity index (χ1) is 15.6. The molecule has 3 rings (SSSR count). The lowest BCUT2D eigenvalue weighted by Gasteiger charge is -2.56. The fourth-order valence-corrected chi connectivity index (χ4v) is 6.23. The minimum atomic E-state index is -5.38. The van der Waals surface area contributed by atoms with E-state index in [1.54, 1.807) is 13.8 Å². The van der Waals surface area contributed by atoms with Crippen molar-refractivity contribution in [3.05, 3.63) is 23.8 Å². The van der Waals surface area contributed by atoms with E-state index in [4.69, 9.17) is 4.74 Å². The Hall–Kier alpha value is -2.07. The van der Waals surface area contributed by atoms with Gasteiger partial charge in [-0.15, -0.1) is 0 Å². The molecule has 3 aliphatic carbocycles. The van der Waals surface area contributed by atoms with Gasteiger partial charge in [-0.2, -0.15) is 13.2 Å². The number of carbonyl (C=O) groups excluding carboxylic acids is 3. The van der Waals surface area contributed by atoms with Gasteiger partial charge in [0.25, 0.3) is 0 Å². The average molecular weight is 490 g/mol. The van der Waals surface area contributed by atoms with Crippen molar-refractivity contribution in [2.75, 3.05) is 6.61 Å². The van der Waals surface area contributed by atoms with E-state index in [2.05, 4.69) is 0 Å². The molecule has 0 aromatic rings. The molecular weight excluding hydrogens is 460 g/mol. The van der Waals surface area contributed by atoms with Crippen molar-refractivity contribution in [3.63, 3.8) is 0 Å². The Morgan fingerprint density at radius 3 is 2.47 bits per heavy atom. The highest BCUT2D eigenvalue weighted by atomic mass is 19.4. The Morgan fingerprint density at radius 2 is 1.88 bits per heavy atom. The molecule has 10 heteroatoms. The first-order valence-electron chi connectivity index (χ1n) is 11.4. The van der Waals surface area contributed by atoms with Crippen LogP contribution in [0.25, 0.3) is 0 Å². The summed E-state index contributed by atoms with van der Waals surface area (Å²) in [6.07, 6.45) is -4.05. The van der Waals surface area contributed by atoms with Gasteiger partial charge in [0.05, 0.1) is 0 Å². The highest BCUT2D eigenvalue weighted by Gasteiger charge is 2.65. The third-order valence-corrected chi connectivity index (χ3v) is 8.22. The first-order valence-corrected chi connectivity index (χ1v) is 11.4. The molecule has 34 heavy (non-hydrogen) atoms. The van der Waals surface area contributed by atoms with Crippen LogP contribution in [0.2, 0.25) is 0 Å². The van der Waals surface area contributed by atoms with Gasteiger partial charge in [0, 0.05) is 11.3 Å². The van der Waals surface area contributed by atoms with Crippen LogP contribution in [0.15, 0.2) is 23.8 Å². The third kappa shape index (κ3) is 4.12. The van der Waals surface area contributed by atoms with Crippen molar-refractivity contribution in [3.8, 4) is 0 Å². The Kier molecular flexibility index (Phi) is 6.91. The molecule has 2 saturated carbocycles. The molecule has 0 aliphatic heterocycles. The van der Waals surface area contributed by atoms with E-state index in [1.807, 2.05) is 0 Å². The largest absolute Gasteiger partial charge is 0.490 e. The minimum absolute atomic E-state index is 0.149. The van der Waals surface area contributed by atoms with E-state index in [9.17, 15) is 37.8 Å².